The molecule has 0 spiro atoms. The van der Waals surface area contributed by atoms with Gasteiger partial charge in [-0.1, -0.05) is 12.1 Å². The summed E-state index contributed by atoms with van der Waals surface area (Å²) in [5.74, 6) is 1.05. The molecule has 0 bridgehead atoms. The zero-order chi connectivity index (χ0) is 23.0. The van der Waals surface area contributed by atoms with Gasteiger partial charge in [-0.05, 0) is 42.0 Å². The summed E-state index contributed by atoms with van der Waals surface area (Å²) in [4.78, 5) is 7.91. The molecular formula is C22H21N5O4S. The zero-order valence-corrected chi connectivity index (χ0v) is 18.3. The molecule has 9 nitrogen and oxygen atoms in total. The Bertz CT molecular complexity index is 1240. The number of aliphatic imine (C=N–C) groups is 1. The molecule has 0 atom stereocenters. The lowest BCUT2D eigenvalue weighted by atomic mass is 10.2. The molecule has 0 radical (unpaired) electrons. The minimum atomic E-state index is -3.73. The van der Waals surface area contributed by atoms with E-state index in [1.54, 1.807) is 48.9 Å². The largest absolute Gasteiger partial charge is 0.493 e. The number of ether oxygens (including phenoxy) is 2. The van der Waals surface area contributed by atoms with Crippen molar-refractivity contribution in [2.75, 3.05) is 19.5 Å². The third-order valence-corrected chi connectivity index (χ3v) is 6.23. The molecule has 0 fully saturated rings. The summed E-state index contributed by atoms with van der Waals surface area (Å²) >= 11 is 0. The number of anilines is 1. The molecule has 0 aliphatic carbocycles. The standard InChI is InChI=1S/C22H21N5O4S/c1-30-20-8-7-19(13-21(20)31-2)32(28,29)18-5-3-16(4-6-18)14-25-22(26-15-23)27-17-9-11-24-12-10-17/h3-13H,14H2,1-2H3,(H2,24,25,26,27). The van der Waals surface area contributed by atoms with Crippen LogP contribution in [-0.4, -0.2) is 33.6 Å². The molecule has 2 N–H and O–H groups in total. The maximum atomic E-state index is 13.0. The van der Waals surface area contributed by atoms with Crippen LogP contribution in [0.4, 0.5) is 5.69 Å². The van der Waals surface area contributed by atoms with Gasteiger partial charge in [0.15, 0.2) is 11.5 Å². The number of nitrogens with zero attached hydrogens (tertiary/aromatic N) is 3. The number of rotatable bonds is 7. The summed E-state index contributed by atoms with van der Waals surface area (Å²) in [5, 5.41) is 14.9. The number of pyridine rings is 1. The third-order valence-electron chi connectivity index (χ3n) is 4.46. The predicted octanol–water partition coefficient (Wildman–Crippen LogP) is 2.97. The summed E-state index contributed by atoms with van der Waals surface area (Å²) < 4.78 is 36.3. The highest BCUT2D eigenvalue weighted by atomic mass is 32.2. The topological polar surface area (TPSA) is 126 Å². The van der Waals surface area contributed by atoms with E-state index in [2.05, 4.69) is 20.6 Å². The van der Waals surface area contributed by atoms with Gasteiger partial charge in [-0.25, -0.2) is 8.42 Å². The van der Waals surface area contributed by atoms with Crippen molar-refractivity contribution in [2.45, 2.75) is 16.3 Å². The number of guanidine groups is 1. The van der Waals surface area contributed by atoms with E-state index in [1.807, 2.05) is 0 Å². The fourth-order valence-electron chi connectivity index (χ4n) is 2.83. The average Bonchev–Trinajstić information content (AvgIpc) is 2.83. The van der Waals surface area contributed by atoms with Crippen molar-refractivity contribution >= 4 is 21.5 Å². The molecule has 1 aromatic heterocycles. The van der Waals surface area contributed by atoms with Gasteiger partial charge in [0.25, 0.3) is 0 Å². The lowest BCUT2D eigenvalue weighted by Gasteiger charge is -2.12. The van der Waals surface area contributed by atoms with Crippen molar-refractivity contribution in [1.82, 2.24) is 10.3 Å². The second-order valence-corrected chi connectivity index (χ2v) is 8.39. The van der Waals surface area contributed by atoms with E-state index in [1.165, 1.54) is 38.5 Å². The fraction of sp³-hybridized carbons (Fsp3) is 0.136. The van der Waals surface area contributed by atoms with Crippen LogP contribution in [0.25, 0.3) is 0 Å². The van der Waals surface area contributed by atoms with E-state index in [9.17, 15) is 8.42 Å². The van der Waals surface area contributed by atoms with E-state index in [-0.39, 0.29) is 15.8 Å². The third kappa shape index (κ3) is 5.33. The molecule has 3 aromatic rings. The molecule has 164 valence electrons. The van der Waals surface area contributed by atoms with E-state index in [0.29, 0.717) is 18.0 Å². The predicted molar refractivity (Wildman–Crippen MR) is 119 cm³/mol. The molecule has 10 heteroatoms. The minimum Gasteiger partial charge on any atom is -0.493 e. The Morgan fingerprint density at radius 3 is 2.28 bits per heavy atom. The van der Waals surface area contributed by atoms with Crippen molar-refractivity contribution in [3.8, 4) is 17.7 Å². The van der Waals surface area contributed by atoms with Crippen molar-refractivity contribution in [3.05, 3.63) is 72.6 Å². The molecular weight excluding hydrogens is 430 g/mol. The van der Waals surface area contributed by atoms with Crippen LogP contribution >= 0.6 is 0 Å². The SMILES string of the molecule is COc1ccc(S(=O)(=O)c2ccc(CNC(=NC#N)Nc3ccncc3)cc2)cc1OC. The molecule has 0 saturated heterocycles. The number of methoxy groups -OCH3 is 2. The van der Waals surface area contributed by atoms with E-state index < -0.39 is 9.84 Å². The van der Waals surface area contributed by atoms with Gasteiger partial charge in [0.05, 0.1) is 24.0 Å². The van der Waals surface area contributed by atoms with E-state index in [0.717, 1.165) is 11.3 Å². The Balaban J connectivity index is 1.73. The molecule has 0 aliphatic rings. The van der Waals surface area contributed by atoms with Crippen LogP contribution < -0.4 is 20.1 Å². The quantitative estimate of drug-likeness (QED) is 0.319. The number of aromatic nitrogens is 1. The van der Waals surface area contributed by atoms with Gasteiger partial charge in [0.1, 0.15) is 0 Å². The lowest BCUT2D eigenvalue weighted by molar-refractivity contribution is 0.354. The number of nitrogens with one attached hydrogen (secondary N) is 2. The first-order valence-corrected chi connectivity index (χ1v) is 10.9. The number of sulfone groups is 1. The molecule has 0 amide bonds. The van der Waals surface area contributed by atoms with Crippen LogP contribution in [-0.2, 0) is 16.4 Å². The summed E-state index contributed by atoms with van der Waals surface area (Å²) in [5.41, 5.74) is 1.52. The minimum absolute atomic E-state index is 0.103. The van der Waals surface area contributed by atoms with Crippen molar-refractivity contribution in [1.29, 1.82) is 5.26 Å². The van der Waals surface area contributed by atoms with Crippen molar-refractivity contribution < 1.29 is 17.9 Å². The molecule has 2 aromatic carbocycles. The van der Waals surface area contributed by atoms with Gasteiger partial charge in [-0.3, -0.25) is 4.98 Å². The second kappa shape index (κ2) is 10.3. The van der Waals surface area contributed by atoms with E-state index >= 15 is 0 Å². The molecule has 0 saturated carbocycles. The highest BCUT2D eigenvalue weighted by Crippen LogP contribution is 2.31. The Hall–Kier alpha value is -4.10. The van der Waals surface area contributed by atoms with Gasteiger partial charge >= 0.3 is 0 Å². The Kier molecular flexibility index (Phi) is 7.25. The maximum Gasteiger partial charge on any atom is 0.212 e. The summed E-state index contributed by atoms with van der Waals surface area (Å²) in [6, 6.07) is 14.4. The van der Waals surface area contributed by atoms with Crippen molar-refractivity contribution in [3.63, 3.8) is 0 Å². The van der Waals surface area contributed by atoms with Crippen LogP contribution in [0.5, 0.6) is 11.5 Å². The molecule has 3 rings (SSSR count). The number of nitriles is 1. The Labute approximate surface area is 186 Å². The van der Waals surface area contributed by atoms with Gasteiger partial charge in [-0.15, -0.1) is 4.99 Å². The maximum absolute atomic E-state index is 13.0. The molecule has 1 heterocycles. The summed E-state index contributed by atoms with van der Waals surface area (Å²) in [6.07, 6.45) is 4.97. The zero-order valence-electron chi connectivity index (χ0n) is 17.4. The monoisotopic (exact) mass is 451 g/mol. The van der Waals surface area contributed by atoms with Gasteiger partial charge in [-0.2, -0.15) is 5.26 Å². The normalized spacial score (nSPS) is 11.3. The van der Waals surface area contributed by atoms with Crippen LogP contribution in [0.15, 0.2) is 81.8 Å². The summed E-state index contributed by atoms with van der Waals surface area (Å²) in [7, 11) is -0.803. The highest BCUT2D eigenvalue weighted by molar-refractivity contribution is 7.91. The lowest BCUT2D eigenvalue weighted by Crippen LogP contribution is -2.30. The first-order chi connectivity index (χ1) is 15.5. The van der Waals surface area contributed by atoms with Crippen molar-refractivity contribution in [2.24, 2.45) is 4.99 Å². The molecule has 0 unspecified atom stereocenters. The van der Waals surface area contributed by atoms with Gasteiger partial charge < -0.3 is 20.1 Å². The number of benzene rings is 2. The fourth-order valence-corrected chi connectivity index (χ4v) is 4.10. The highest BCUT2D eigenvalue weighted by Gasteiger charge is 2.20. The van der Waals surface area contributed by atoms with Crippen LogP contribution in [0.1, 0.15) is 5.56 Å². The van der Waals surface area contributed by atoms with Gasteiger partial charge in [0, 0.05) is 30.7 Å². The van der Waals surface area contributed by atoms with E-state index in [4.69, 9.17) is 14.7 Å². The Morgan fingerprint density at radius 2 is 1.66 bits per heavy atom. The first kappa shape index (κ1) is 22.6. The number of hydrogen-bond acceptors (Lipinski definition) is 7. The first-order valence-electron chi connectivity index (χ1n) is 9.41. The molecule has 0 aliphatic heterocycles. The average molecular weight is 452 g/mol. The molecule has 32 heavy (non-hydrogen) atoms. The smallest absolute Gasteiger partial charge is 0.212 e. The van der Waals surface area contributed by atoms with Crippen LogP contribution in [0.2, 0.25) is 0 Å². The second-order valence-electron chi connectivity index (χ2n) is 6.44. The summed E-state index contributed by atoms with van der Waals surface area (Å²) in [6.45, 7) is 0.329. The number of hydrogen-bond donors (Lipinski definition) is 2. The van der Waals surface area contributed by atoms with Gasteiger partial charge in [0.2, 0.25) is 22.0 Å². The van der Waals surface area contributed by atoms with Crippen LogP contribution in [0, 0.1) is 11.5 Å². The Morgan fingerprint density at radius 1 is 1.00 bits per heavy atom. The van der Waals surface area contributed by atoms with Crippen LogP contribution in [0.3, 0.4) is 0 Å².